The van der Waals surface area contributed by atoms with Crippen LogP contribution >= 0.6 is 0 Å². The molecular weight excluding hydrogens is 392 g/mol. The number of carbonyl (C=O) groups excluding carboxylic acids is 1. The van der Waals surface area contributed by atoms with Crippen molar-refractivity contribution >= 4 is 17.3 Å². The Hall–Kier alpha value is -3.71. The number of benzene rings is 3. The maximum absolute atomic E-state index is 12.3. The van der Waals surface area contributed by atoms with Gasteiger partial charge in [0.05, 0.1) is 17.5 Å². The summed E-state index contributed by atoms with van der Waals surface area (Å²) in [6, 6.07) is 24.4. The molecule has 0 aliphatic carbocycles. The van der Waals surface area contributed by atoms with Gasteiger partial charge in [-0.25, -0.2) is 0 Å². The van der Waals surface area contributed by atoms with Gasteiger partial charge in [-0.05, 0) is 30.2 Å². The summed E-state index contributed by atoms with van der Waals surface area (Å²) in [6.07, 6.45) is 0. The average molecular weight is 418 g/mol. The van der Waals surface area contributed by atoms with Crippen molar-refractivity contribution in [2.24, 2.45) is 0 Å². The summed E-state index contributed by atoms with van der Waals surface area (Å²) in [5.41, 5.74) is 4.20. The molecule has 1 atom stereocenters. The van der Waals surface area contributed by atoms with Crippen molar-refractivity contribution < 1.29 is 9.72 Å². The molecule has 3 aromatic carbocycles. The zero-order chi connectivity index (χ0) is 22.1. The highest BCUT2D eigenvalue weighted by Crippen LogP contribution is 2.22. The highest BCUT2D eigenvalue weighted by molar-refractivity contribution is 5.78. The zero-order valence-corrected chi connectivity index (χ0v) is 17.4. The van der Waals surface area contributed by atoms with Gasteiger partial charge in [-0.3, -0.25) is 20.2 Å². The number of non-ortho nitro benzene ring substituents is 1. The first-order valence-electron chi connectivity index (χ1n) is 10.1. The van der Waals surface area contributed by atoms with Gasteiger partial charge in [-0.2, -0.15) is 0 Å². The second kappa shape index (κ2) is 10.9. The van der Waals surface area contributed by atoms with E-state index < -0.39 is 4.92 Å². The first kappa shape index (κ1) is 22.0. The van der Waals surface area contributed by atoms with E-state index in [1.807, 2.05) is 37.3 Å². The summed E-state index contributed by atoms with van der Waals surface area (Å²) in [7, 11) is 0. The van der Waals surface area contributed by atoms with E-state index in [1.165, 1.54) is 17.7 Å². The van der Waals surface area contributed by atoms with E-state index in [0.29, 0.717) is 13.1 Å². The number of rotatable bonds is 10. The van der Waals surface area contributed by atoms with Gasteiger partial charge < -0.3 is 10.6 Å². The van der Waals surface area contributed by atoms with Gasteiger partial charge in [0.25, 0.3) is 5.69 Å². The molecule has 0 spiro atoms. The minimum Gasteiger partial charge on any atom is -0.383 e. The van der Waals surface area contributed by atoms with Crippen LogP contribution in [0, 0.1) is 17.0 Å². The van der Waals surface area contributed by atoms with Crippen molar-refractivity contribution in [3.05, 3.63) is 106 Å². The Morgan fingerprint density at radius 1 is 0.903 bits per heavy atom. The van der Waals surface area contributed by atoms with Gasteiger partial charge in [0.15, 0.2) is 0 Å². The first-order chi connectivity index (χ1) is 15.0. The van der Waals surface area contributed by atoms with Crippen molar-refractivity contribution in [3.8, 4) is 0 Å². The second-order valence-electron chi connectivity index (χ2n) is 7.22. The summed E-state index contributed by atoms with van der Waals surface area (Å²) in [4.78, 5) is 22.6. The van der Waals surface area contributed by atoms with Gasteiger partial charge in [0.2, 0.25) is 5.91 Å². The predicted octanol–water partition coefficient (Wildman–Crippen LogP) is 3.81. The van der Waals surface area contributed by atoms with E-state index in [1.54, 1.807) is 12.1 Å². The van der Waals surface area contributed by atoms with Crippen molar-refractivity contribution in [1.29, 1.82) is 0 Å². The fourth-order valence-electron chi connectivity index (χ4n) is 3.20. The van der Waals surface area contributed by atoms with Crippen molar-refractivity contribution in [1.82, 2.24) is 10.6 Å². The molecule has 0 heterocycles. The van der Waals surface area contributed by atoms with E-state index in [2.05, 4.69) is 40.2 Å². The van der Waals surface area contributed by atoms with Crippen LogP contribution in [-0.2, 0) is 4.79 Å². The summed E-state index contributed by atoms with van der Waals surface area (Å²) in [6.45, 7) is 3.19. The van der Waals surface area contributed by atoms with Crippen LogP contribution in [0.5, 0.6) is 0 Å². The fraction of sp³-hybridized carbons (Fsp3) is 0.208. The number of nitro groups is 1. The molecular formula is C24H26N4O3. The van der Waals surface area contributed by atoms with Crippen LogP contribution in [0.15, 0.2) is 78.9 Å². The van der Waals surface area contributed by atoms with Crippen LogP contribution < -0.4 is 16.0 Å². The summed E-state index contributed by atoms with van der Waals surface area (Å²) in [5.74, 6) is -0.0986. The average Bonchev–Trinajstić information content (AvgIpc) is 2.79. The van der Waals surface area contributed by atoms with Gasteiger partial charge in [0, 0.05) is 30.9 Å². The number of hydrogen-bond donors (Lipinski definition) is 3. The Kier molecular flexibility index (Phi) is 7.73. The number of carbonyl (C=O) groups is 1. The zero-order valence-electron chi connectivity index (χ0n) is 17.4. The fourth-order valence-corrected chi connectivity index (χ4v) is 3.20. The second-order valence-corrected chi connectivity index (χ2v) is 7.22. The Bertz CT molecular complexity index is 990. The van der Waals surface area contributed by atoms with E-state index in [4.69, 9.17) is 0 Å². The third-order valence-electron chi connectivity index (χ3n) is 4.86. The Labute approximate surface area is 181 Å². The molecule has 0 aromatic heterocycles. The lowest BCUT2D eigenvalue weighted by Gasteiger charge is -2.20. The topological polar surface area (TPSA) is 96.3 Å². The molecule has 0 bridgehead atoms. The maximum atomic E-state index is 12.3. The lowest BCUT2D eigenvalue weighted by atomic mass is 9.98. The number of amides is 1. The minimum absolute atomic E-state index is 0.0477. The van der Waals surface area contributed by atoms with E-state index in [9.17, 15) is 14.9 Å². The van der Waals surface area contributed by atoms with E-state index in [-0.39, 0.29) is 24.2 Å². The molecule has 3 rings (SSSR count). The largest absolute Gasteiger partial charge is 0.383 e. The van der Waals surface area contributed by atoms with Crippen LogP contribution in [-0.4, -0.2) is 30.5 Å². The van der Waals surface area contributed by atoms with Crippen molar-refractivity contribution in [2.45, 2.75) is 13.0 Å². The molecule has 0 aliphatic heterocycles. The van der Waals surface area contributed by atoms with Gasteiger partial charge in [-0.1, -0.05) is 60.2 Å². The first-order valence-corrected chi connectivity index (χ1v) is 10.1. The van der Waals surface area contributed by atoms with Crippen LogP contribution in [0.3, 0.4) is 0 Å². The standard InChI is InChI=1S/C24H26N4O3/c1-18-7-9-20(10-8-18)24(19-5-3-2-4-6-19)27-17-23(29)26-16-15-25-21-11-13-22(14-12-21)28(30)31/h2-14,24-25,27H,15-17H2,1H3,(H,26,29)/t24-/m0/s1. The van der Waals surface area contributed by atoms with Crippen molar-refractivity contribution in [2.75, 3.05) is 25.0 Å². The molecule has 3 N–H and O–H groups in total. The van der Waals surface area contributed by atoms with Crippen LogP contribution in [0.25, 0.3) is 0 Å². The Balaban J connectivity index is 1.48. The van der Waals surface area contributed by atoms with E-state index in [0.717, 1.165) is 16.8 Å². The number of nitrogens with one attached hydrogen (secondary N) is 3. The Morgan fingerprint density at radius 2 is 1.55 bits per heavy atom. The molecule has 1 amide bonds. The molecule has 0 aliphatic rings. The van der Waals surface area contributed by atoms with Crippen LogP contribution in [0.4, 0.5) is 11.4 Å². The van der Waals surface area contributed by atoms with Crippen molar-refractivity contribution in [3.63, 3.8) is 0 Å². The van der Waals surface area contributed by atoms with Crippen LogP contribution in [0.1, 0.15) is 22.7 Å². The smallest absolute Gasteiger partial charge is 0.269 e. The molecule has 0 saturated heterocycles. The molecule has 7 heteroatoms. The summed E-state index contributed by atoms with van der Waals surface area (Å²) < 4.78 is 0. The van der Waals surface area contributed by atoms with Gasteiger partial charge in [-0.15, -0.1) is 0 Å². The number of nitro benzene ring substituents is 1. The molecule has 160 valence electrons. The highest BCUT2D eigenvalue weighted by Gasteiger charge is 2.14. The molecule has 0 unspecified atom stereocenters. The van der Waals surface area contributed by atoms with Crippen LogP contribution in [0.2, 0.25) is 0 Å². The SMILES string of the molecule is Cc1ccc([C@@H](NCC(=O)NCCNc2ccc([N+](=O)[O-])cc2)c2ccccc2)cc1. The van der Waals surface area contributed by atoms with Gasteiger partial charge in [0.1, 0.15) is 0 Å². The monoisotopic (exact) mass is 418 g/mol. The Morgan fingerprint density at radius 3 is 2.19 bits per heavy atom. The summed E-state index contributed by atoms with van der Waals surface area (Å²) >= 11 is 0. The normalized spacial score (nSPS) is 11.5. The quantitative estimate of drug-likeness (QED) is 0.264. The molecule has 31 heavy (non-hydrogen) atoms. The molecule has 0 radical (unpaired) electrons. The predicted molar refractivity (Wildman–Crippen MR) is 122 cm³/mol. The lowest BCUT2D eigenvalue weighted by molar-refractivity contribution is -0.384. The number of anilines is 1. The number of nitrogens with zero attached hydrogens (tertiary/aromatic N) is 1. The highest BCUT2D eigenvalue weighted by atomic mass is 16.6. The summed E-state index contributed by atoms with van der Waals surface area (Å²) in [5, 5.41) is 20.0. The maximum Gasteiger partial charge on any atom is 0.269 e. The van der Waals surface area contributed by atoms with E-state index >= 15 is 0 Å². The third-order valence-corrected chi connectivity index (χ3v) is 4.86. The van der Waals surface area contributed by atoms with Gasteiger partial charge >= 0.3 is 0 Å². The molecule has 7 nitrogen and oxygen atoms in total. The molecule has 0 saturated carbocycles. The lowest BCUT2D eigenvalue weighted by Crippen LogP contribution is -2.38. The number of aryl methyl sites for hydroxylation is 1. The number of hydrogen-bond acceptors (Lipinski definition) is 5. The molecule has 3 aromatic rings. The molecule has 0 fully saturated rings. The minimum atomic E-state index is -0.434. The third kappa shape index (κ3) is 6.65.